The summed E-state index contributed by atoms with van der Waals surface area (Å²) in [6.07, 6.45) is 0. The van der Waals surface area contributed by atoms with Crippen LogP contribution in [0.1, 0.15) is 10.4 Å². The van der Waals surface area contributed by atoms with Crippen LogP contribution in [0.5, 0.6) is 0 Å². The predicted octanol–water partition coefficient (Wildman–Crippen LogP) is 0.667. The van der Waals surface area contributed by atoms with Crippen LogP contribution in [-0.2, 0) is 4.79 Å². The molecule has 17 heavy (non-hydrogen) atoms. The molecule has 1 amide bonds. The smallest absolute Gasteiger partial charge is 0.335 e. The van der Waals surface area contributed by atoms with Gasteiger partial charge in [-0.15, -0.1) is 0 Å². The molecule has 0 bridgehead atoms. The van der Waals surface area contributed by atoms with Gasteiger partial charge in [0.2, 0.25) is 5.91 Å². The third kappa shape index (κ3) is 2.03. The van der Waals surface area contributed by atoms with Gasteiger partial charge in [-0.05, 0) is 18.2 Å². The molecule has 0 atom stereocenters. The predicted molar refractivity (Wildman–Crippen MR) is 59.9 cm³/mol. The van der Waals surface area contributed by atoms with Crippen LogP contribution in [-0.4, -0.2) is 30.1 Å². The van der Waals surface area contributed by atoms with E-state index in [-0.39, 0.29) is 24.6 Å². The van der Waals surface area contributed by atoms with Gasteiger partial charge >= 0.3 is 5.97 Å². The molecule has 2 N–H and O–H groups in total. The SMILES string of the molecule is N#CCN1CC(=O)Nc2cc(C(=O)O)ccc21. The summed E-state index contributed by atoms with van der Waals surface area (Å²) in [5.74, 6) is -1.31. The van der Waals surface area contributed by atoms with E-state index in [1.807, 2.05) is 6.07 Å². The number of nitrogens with zero attached hydrogens (tertiary/aromatic N) is 2. The molecule has 0 aliphatic carbocycles. The number of carbonyl (C=O) groups is 2. The van der Waals surface area contributed by atoms with E-state index in [4.69, 9.17) is 10.4 Å². The van der Waals surface area contributed by atoms with Crippen molar-refractivity contribution in [1.29, 1.82) is 5.26 Å². The van der Waals surface area contributed by atoms with Crippen molar-refractivity contribution in [2.24, 2.45) is 0 Å². The van der Waals surface area contributed by atoms with Gasteiger partial charge in [-0.1, -0.05) is 0 Å². The van der Waals surface area contributed by atoms with Gasteiger partial charge in [-0.3, -0.25) is 4.79 Å². The number of nitrogens with one attached hydrogen (secondary N) is 1. The van der Waals surface area contributed by atoms with Crippen LogP contribution in [0.4, 0.5) is 11.4 Å². The Morgan fingerprint density at radius 3 is 3.00 bits per heavy atom. The molecule has 1 aromatic rings. The van der Waals surface area contributed by atoms with E-state index >= 15 is 0 Å². The zero-order valence-electron chi connectivity index (χ0n) is 8.80. The molecule has 0 aromatic heterocycles. The second-order valence-corrected chi connectivity index (χ2v) is 3.60. The van der Waals surface area contributed by atoms with E-state index < -0.39 is 5.97 Å². The lowest BCUT2D eigenvalue weighted by Gasteiger charge is -2.28. The lowest BCUT2D eigenvalue weighted by atomic mass is 10.1. The molecule has 6 heteroatoms. The average Bonchev–Trinajstić information content (AvgIpc) is 2.28. The van der Waals surface area contributed by atoms with E-state index in [1.165, 1.54) is 12.1 Å². The van der Waals surface area contributed by atoms with E-state index in [0.29, 0.717) is 11.4 Å². The van der Waals surface area contributed by atoms with Crippen LogP contribution in [0, 0.1) is 11.3 Å². The molecule has 0 spiro atoms. The fraction of sp³-hybridized carbons (Fsp3) is 0.182. The zero-order valence-corrected chi connectivity index (χ0v) is 8.80. The van der Waals surface area contributed by atoms with Crippen molar-refractivity contribution in [2.45, 2.75) is 0 Å². The second-order valence-electron chi connectivity index (χ2n) is 3.60. The normalized spacial score (nSPS) is 13.6. The fourth-order valence-corrected chi connectivity index (χ4v) is 1.72. The van der Waals surface area contributed by atoms with Gasteiger partial charge in [-0.2, -0.15) is 5.26 Å². The molecule has 86 valence electrons. The molecule has 0 saturated carbocycles. The number of rotatable bonds is 2. The number of benzene rings is 1. The van der Waals surface area contributed by atoms with Gasteiger partial charge in [-0.25, -0.2) is 4.79 Å². The Balaban J connectivity index is 2.44. The van der Waals surface area contributed by atoms with Gasteiger partial charge in [0.25, 0.3) is 0 Å². The fourth-order valence-electron chi connectivity index (χ4n) is 1.72. The van der Waals surface area contributed by atoms with Crippen LogP contribution >= 0.6 is 0 Å². The van der Waals surface area contributed by atoms with Gasteiger partial charge in [0, 0.05) is 0 Å². The molecular weight excluding hydrogens is 222 g/mol. The standard InChI is InChI=1S/C11H9N3O3/c12-3-4-14-6-10(15)13-8-5-7(11(16)17)1-2-9(8)14/h1-2,5H,4,6H2,(H,13,15)(H,16,17). The minimum absolute atomic E-state index is 0.0901. The molecule has 0 radical (unpaired) electrons. The number of anilines is 2. The number of hydrogen-bond acceptors (Lipinski definition) is 4. The maximum atomic E-state index is 11.4. The van der Waals surface area contributed by atoms with E-state index in [9.17, 15) is 9.59 Å². The van der Waals surface area contributed by atoms with E-state index in [1.54, 1.807) is 11.0 Å². The largest absolute Gasteiger partial charge is 0.478 e. The highest BCUT2D eigenvalue weighted by atomic mass is 16.4. The number of hydrogen-bond donors (Lipinski definition) is 2. The van der Waals surface area contributed by atoms with Crippen molar-refractivity contribution in [3.05, 3.63) is 23.8 Å². The number of fused-ring (bicyclic) bond motifs is 1. The van der Waals surface area contributed by atoms with Gasteiger partial charge < -0.3 is 15.3 Å². The topological polar surface area (TPSA) is 93.4 Å². The summed E-state index contributed by atoms with van der Waals surface area (Å²) in [6.45, 7) is 0.194. The van der Waals surface area contributed by atoms with Crippen molar-refractivity contribution >= 4 is 23.3 Å². The van der Waals surface area contributed by atoms with E-state index in [0.717, 1.165) is 0 Å². The summed E-state index contributed by atoms with van der Waals surface area (Å²) >= 11 is 0. The third-order valence-corrected chi connectivity index (χ3v) is 2.45. The quantitative estimate of drug-likeness (QED) is 0.729. The van der Waals surface area contributed by atoms with Gasteiger partial charge in [0.05, 0.1) is 29.6 Å². The van der Waals surface area contributed by atoms with Crippen LogP contribution in [0.3, 0.4) is 0 Å². The number of nitriles is 1. The minimum atomic E-state index is -1.06. The first-order valence-corrected chi connectivity index (χ1v) is 4.91. The Bertz CT molecular complexity index is 533. The molecule has 1 heterocycles. The number of aromatic carboxylic acids is 1. The maximum Gasteiger partial charge on any atom is 0.335 e. The van der Waals surface area contributed by atoms with Crippen LogP contribution in [0.2, 0.25) is 0 Å². The van der Waals surface area contributed by atoms with E-state index in [2.05, 4.69) is 5.32 Å². The summed E-state index contributed by atoms with van der Waals surface area (Å²) in [6, 6.07) is 6.39. The van der Waals surface area contributed by atoms with Gasteiger partial charge in [0.1, 0.15) is 6.54 Å². The highest BCUT2D eigenvalue weighted by Gasteiger charge is 2.22. The molecule has 0 unspecified atom stereocenters. The Labute approximate surface area is 97.1 Å². The zero-order chi connectivity index (χ0) is 12.4. The number of carbonyl (C=O) groups excluding carboxylic acids is 1. The average molecular weight is 231 g/mol. The maximum absolute atomic E-state index is 11.4. The van der Waals surface area contributed by atoms with Crippen LogP contribution in [0.25, 0.3) is 0 Å². The molecule has 1 aromatic carbocycles. The third-order valence-electron chi connectivity index (χ3n) is 2.45. The first kappa shape index (κ1) is 11.0. The van der Waals surface area contributed by atoms with Crippen molar-refractivity contribution < 1.29 is 14.7 Å². The molecule has 0 saturated heterocycles. The summed E-state index contributed by atoms with van der Waals surface area (Å²) in [7, 11) is 0. The number of carboxylic acid groups (broad SMARTS) is 1. The Morgan fingerprint density at radius 2 is 2.35 bits per heavy atom. The molecule has 0 fully saturated rings. The number of carboxylic acids is 1. The highest BCUT2D eigenvalue weighted by Crippen LogP contribution is 2.30. The monoisotopic (exact) mass is 231 g/mol. The Morgan fingerprint density at radius 1 is 1.59 bits per heavy atom. The summed E-state index contributed by atoms with van der Waals surface area (Å²) in [5, 5.41) is 20.1. The van der Waals surface area contributed by atoms with Crippen LogP contribution in [0.15, 0.2) is 18.2 Å². The van der Waals surface area contributed by atoms with Crippen molar-refractivity contribution in [3.63, 3.8) is 0 Å². The summed E-state index contributed by atoms with van der Waals surface area (Å²) in [5.41, 5.74) is 1.19. The van der Waals surface area contributed by atoms with Crippen molar-refractivity contribution in [3.8, 4) is 6.07 Å². The Kier molecular flexibility index (Phi) is 2.66. The molecule has 1 aliphatic rings. The molecule has 2 rings (SSSR count). The minimum Gasteiger partial charge on any atom is -0.478 e. The second kappa shape index (κ2) is 4.14. The van der Waals surface area contributed by atoms with Crippen molar-refractivity contribution in [2.75, 3.05) is 23.3 Å². The van der Waals surface area contributed by atoms with Gasteiger partial charge in [0.15, 0.2) is 0 Å². The lowest BCUT2D eigenvalue weighted by molar-refractivity contribution is -0.115. The lowest BCUT2D eigenvalue weighted by Crippen LogP contribution is -2.38. The first-order valence-electron chi connectivity index (χ1n) is 4.91. The van der Waals surface area contributed by atoms with Crippen molar-refractivity contribution in [1.82, 2.24) is 0 Å². The Hall–Kier alpha value is -2.55. The number of amides is 1. The van der Waals surface area contributed by atoms with Crippen LogP contribution < -0.4 is 10.2 Å². The molecule has 6 nitrogen and oxygen atoms in total. The molecule has 1 aliphatic heterocycles. The summed E-state index contributed by atoms with van der Waals surface area (Å²) < 4.78 is 0. The highest BCUT2D eigenvalue weighted by molar-refractivity contribution is 6.03. The molecular formula is C11H9N3O3. The summed E-state index contributed by atoms with van der Waals surface area (Å²) in [4.78, 5) is 23.8. The first-order chi connectivity index (χ1) is 8.11.